The van der Waals surface area contributed by atoms with Gasteiger partial charge in [0, 0.05) is 67.9 Å². The Morgan fingerprint density at radius 3 is 2.69 bits per heavy atom. The number of rotatable bonds is 11. The van der Waals surface area contributed by atoms with Crippen LogP contribution in [0, 0.1) is 5.82 Å². The first-order valence-corrected chi connectivity index (χ1v) is 14.5. The molecule has 0 unspecified atom stereocenters. The number of aromatic nitrogens is 1. The Kier molecular flexibility index (Phi) is 10.6. The number of anilines is 1. The van der Waals surface area contributed by atoms with Crippen molar-refractivity contribution >= 4 is 29.4 Å². The Hall–Kier alpha value is -3.14. The molecule has 4 N–H and O–H groups in total. The molecule has 4 rings (SSSR count). The Morgan fingerprint density at radius 1 is 1.23 bits per heavy atom. The summed E-state index contributed by atoms with van der Waals surface area (Å²) in [6.07, 6.45) is 13.9. The number of nitrogens with two attached hydrogens (primary N) is 1. The standard InChI is InChI=1S/C30H40FN7S/c1-4-5-6-7-22(2)30(35-28-12-11-26(18-27(28)31)39-38-16-14-33-15-17-38)36-29-13-8-23(21-37(29)3)24(19-32)20-34-25-9-10-25/h6-8,11-13,18-21,25,33,35H,4-5,9-10,14-17,32H2,1-3H3/b7-6-,24-19+,30-22-,34-20?,36-29-. The van der Waals surface area contributed by atoms with E-state index in [1.807, 2.05) is 55.2 Å². The normalized spacial score (nSPS) is 18.3. The molecule has 2 aliphatic rings. The van der Waals surface area contributed by atoms with E-state index < -0.39 is 0 Å². The van der Waals surface area contributed by atoms with Crippen LogP contribution < -0.4 is 21.9 Å². The summed E-state index contributed by atoms with van der Waals surface area (Å²) in [6, 6.07) is 9.70. The summed E-state index contributed by atoms with van der Waals surface area (Å²) in [7, 11) is 1.94. The zero-order valence-corrected chi connectivity index (χ0v) is 24.0. The minimum Gasteiger partial charge on any atom is -0.404 e. The molecule has 0 radical (unpaired) electrons. The highest BCUT2D eigenvalue weighted by Gasteiger charge is 2.19. The summed E-state index contributed by atoms with van der Waals surface area (Å²) >= 11 is 1.60. The summed E-state index contributed by atoms with van der Waals surface area (Å²) in [5.74, 6) is 0.289. The number of allylic oxidation sites excluding steroid dienone is 4. The molecule has 2 aromatic rings. The number of unbranched alkanes of at least 4 members (excludes halogenated alkanes) is 1. The van der Waals surface area contributed by atoms with Gasteiger partial charge >= 0.3 is 0 Å². The molecule has 208 valence electrons. The first-order chi connectivity index (χ1) is 19.0. The highest BCUT2D eigenvalue weighted by Crippen LogP contribution is 2.28. The predicted octanol–water partition coefficient (Wildman–Crippen LogP) is 5.21. The molecule has 1 aliphatic carbocycles. The van der Waals surface area contributed by atoms with Gasteiger partial charge in [-0.2, -0.15) is 0 Å². The number of nitrogens with one attached hydrogen (secondary N) is 2. The minimum atomic E-state index is -0.305. The molecule has 1 saturated carbocycles. The van der Waals surface area contributed by atoms with Gasteiger partial charge in [-0.15, -0.1) is 0 Å². The van der Waals surface area contributed by atoms with Gasteiger partial charge in [0.05, 0.1) is 11.7 Å². The molecule has 0 bridgehead atoms. The fourth-order valence-electron chi connectivity index (χ4n) is 4.01. The van der Waals surface area contributed by atoms with Crippen LogP contribution >= 0.6 is 11.9 Å². The largest absolute Gasteiger partial charge is 0.404 e. The van der Waals surface area contributed by atoms with Gasteiger partial charge in [0.15, 0.2) is 0 Å². The molecule has 1 saturated heterocycles. The second-order valence-corrected chi connectivity index (χ2v) is 11.1. The Morgan fingerprint density at radius 2 is 2.03 bits per heavy atom. The lowest BCUT2D eigenvalue weighted by molar-refractivity contribution is 0.396. The van der Waals surface area contributed by atoms with Crippen LogP contribution in [0.1, 0.15) is 45.1 Å². The Balaban J connectivity index is 1.60. The van der Waals surface area contributed by atoms with Crippen molar-refractivity contribution in [3.8, 4) is 0 Å². The SMILES string of the molecule is CCC\C=C/C(C)=C(\N=c1\ccc(/C(C=NC2CC2)=C/N)cn1C)Nc1ccc(SN2CCNCC2)cc1F. The monoisotopic (exact) mass is 549 g/mol. The summed E-state index contributed by atoms with van der Waals surface area (Å²) in [6.45, 7) is 7.91. The van der Waals surface area contributed by atoms with E-state index in [4.69, 9.17) is 10.7 Å². The number of pyridine rings is 1. The van der Waals surface area contributed by atoms with Gasteiger partial charge in [0.25, 0.3) is 0 Å². The van der Waals surface area contributed by atoms with Crippen LogP contribution in [-0.2, 0) is 7.05 Å². The predicted molar refractivity (Wildman–Crippen MR) is 162 cm³/mol. The van der Waals surface area contributed by atoms with Gasteiger partial charge in [0.2, 0.25) is 0 Å². The summed E-state index contributed by atoms with van der Waals surface area (Å²) < 4.78 is 19.4. The van der Waals surface area contributed by atoms with Crippen LogP contribution in [0.2, 0.25) is 0 Å². The molecular formula is C30H40FN7S. The van der Waals surface area contributed by atoms with E-state index in [1.54, 1.807) is 30.3 Å². The van der Waals surface area contributed by atoms with Crippen molar-refractivity contribution in [3.05, 3.63) is 83.1 Å². The van der Waals surface area contributed by atoms with E-state index in [0.717, 1.165) is 79.0 Å². The van der Waals surface area contributed by atoms with E-state index in [1.165, 1.54) is 0 Å². The third-order valence-corrected chi connectivity index (χ3v) is 7.61. The molecule has 39 heavy (non-hydrogen) atoms. The quantitative estimate of drug-likeness (QED) is 0.204. The van der Waals surface area contributed by atoms with E-state index in [0.29, 0.717) is 17.6 Å². The second kappa shape index (κ2) is 14.3. The topological polar surface area (TPSA) is 83.0 Å². The maximum Gasteiger partial charge on any atom is 0.147 e. The van der Waals surface area contributed by atoms with Crippen molar-refractivity contribution in [3.63, 3.8) is 0 Å². The average Bonchev–Trinajstić information content (AvgIpc) is 3.76. The van der Waals surface area contributed by atoms with E-state index >= 15 is 4.39 Å². The lowest BCUT2D eigenvalue weighted by Gasteiger charge is -2.25. The highest BCUT2D eigenvalue weighted by atomic mass is 32.2. The molecule has 1 aliphatic heterocycles. The fourth-order valence-corrected chi connectivity index (χ4v) is 4.96. The zero-order chi connectivity index (χ0) is 27.6. The lowest BCUT2D eigenvalue weighted by Crippen LogP contribution is -2.39. The molecule has 9 heteroatoms. The van der Waals surface area contributed by atoms with Crippen LogP contribution in [0.5, 0.6) is 0 Å². The zero-order valence-electron chi connectivity index (χ0n) is 23.2. The van der Waals surface area contributed by atoms with Crippen molar-refractivity contribution in [2.24, 2.45) is 22.8 Å². The van der Waals surface area contributed by atoms with Crippen molar-refractivity contribution in [1.29, 1.82) is 0 Å². The van der Waals surface area contributed by atoms with Crippen LogP contribution in [-0.4, -0.2) is 47.3 Å². The number of piperazine rings is 1. The molecule has 2 fully saturated rings. The number of aliphatic imine (C=N–C) groups is 1. The van der Waals surface area contributed by atoms with Crippen LogP contribution in [0.25, 0.3) is 5.57 Å². The minimum absolute atomic E-state index is 0.305. The van der Waals surface area contributed by atoms with Gasteiger partial charge in [-0.05, 0) is 74.0 Å². The van der Waals surface area contributed by atoms with Crippen molar-refractivity contribution in [2.75, 3.05) is 31.5 Å². The number of nitrogens with zero attached hydrogens (tertiary/aromatic N) is 4. The van der Waals surface area contributed by atoms with Gasteiger partial charge in [0.1, 0.15) is 17.1 Å². The van der Waals surface area contributed by atoms with E-state index in [9.17, 15) is 0 Å². The molecule has 1 aromatic carbocycles. The summed E-state index contributed by atoms with van der Waals surface area (Å²) in [4.78, 5) is 10.4. The van der Waals surface area contributed by atoms with Gasteiger partial charge in [-0.25, -0.2) is 13.7 Å². The van der Waals surface area contributed by atoms with Crippen molar-refractivity contribution < 1.29 is 4.39 Å². The lowest BCUT2D eigenvalue weighted by atomic mass is 10.1. The Bertz CT molecular complexity index is 1310. The van der Waals surface area contributed by atoms with Crippen LogP contribution in [0.4, 0.5) is 10.1 Å². The summed E-state index contributed by atoms with van der Waals surface area (Å²) in [5, 5.41) is 6.60. The van der Waals surface area contributed by atoms with Crippen LogP contribution in [0.15, 0.2) is 81.2 Å². The Labute approximate surface area is 235 Å². The first-order valence-electron chi connectivity index (χ1n) is 13.7. The highest BCUT2D eigenvalue weighted by molar-refractivity contribution is 7.97. The fraction of sp³-hybridized carbons (Fsp3) is 0.400. The van der Waals surface area contributed by atoms with Gasteiger partial charge in [-0.3, -0.25) is 4.99 Å². The molecule has 0 atom stereocenters. The first kappa shape index (κ1) is 28.9. The number of aryl methyl sites for hydroxylation is 1. The maximum atomic E-state index is 15.2. The van der Waals surface area contributed by atoms with Crippen LogP contribution in [0.3, 0.4) is 0 Å². The molecule has 1 aromatic heterocycles. The summed E-state index contributed by atoms with van der Waals surface area (Å²) in [5.41, 5.74) is 9.77. The maximum absolute atomic E-state index is 15.2. The number of halogens is 1. The van der Waals surface area contributed by atoms with Crippen molar-refractivity contribution in [1.82, 2.24) is 14.2 Å². The molecule has 7 nitrogen and oxygen atoms in total. The number of benzene rings is 1. The molecule has 2 heterocycles. The smallest absolute Gasteiger partial charge is 0.147 e. The number of hydrogen-bond donors (Lipinski definition) is 3. The third-order valence-electron chi connectivity index (χ3n) is 6.52. The van der Waals surface area contributed by atoms with E-state index in [-0.39, 0.29) is 5.82 Å². The molecular weight excluding hydrogens is 509 g/mol. The third kappa shape index (κ3) is 8.68. The van der Waals surface area contributed by atoms with Gasteiger partial charge in [-0.1, -0.05) is 25.5 Å². The second-order valence-electron chi connectivity index (χ2n) is 9.89. The average molecular weight is 550 g/mol. The molecule has 0 amide bonds. The van der Waals surface area contributed by atoms with Crippen molar-refractivity contribution in [2.45, 2.75) is 50.5 Å². The van der Waals surface area contributed by atoms with E-state index in [2.05, 4.69) is 32.9 Å². The van der Waals surface area contributed by atoms with Gasteiger partial charge < -0.3 is 20.9 Å². The number of hydrogen-bond acceptors (Lipinski definition) is 7. The molecule has 0 spiro atoms.